The fraction of sp³-hybridized carbons (Fsp3) is 0.167. The third-order valence-corrected chi connectivity index (χ3v) is 1.39. The van der Waals surface area contributed by atoms with Crippen LogP contribution in [0.1, 0.15) is 11.3 Å². The van der Waals surface area contributed by atoms with Crippen LogP contribution in [0.25, 0.3) is 0 Å². The summed E-state index contributed by atoms with van der Waals surface area (Å²) in [6, 6.07) is 1.91. The maximum absolute atomic E-state index is 8.48. The van der Waals surface area contributed by atoms with Crippen molar-refractivity contribution in [2.75, 3.05) is 0 Å². The van der Waals surface area contributed by atoms with Gasteiger partial charge in [0.2, 0.25) is 0 Å². The lowest BCUT2D eigenvalue weighted by molar-refractivity contribution is 1.08. The average Bonchev–Trinajstić information content (AvgIpc) is 1.88. The predicted molar refractivity (Wildman–Crippen MR) is 36.5 cm³/mol. The van der Waals surface area contributed by atoms with E-state index in [0.717, 1.165) is 0 Å². The largest absolute Gasteiger partial charge is 0.240 e. The van der Waals surface area contributed by atoms with Gasteiger partial charge >= 0.3 is 0 Å². The summed E-state index contributed by atoms with van der Waals surface area (Å²) in [6.07, 6.45) is 1.33. The number of hydrogen-bond acceptors (Lipinski definition) is 3. The van der Waals surface area contributed by atoms with E-state index in [4.69, 9.17) is 16.9 Å². The summed E-state index contributed by atoms with van der Waals surface area (Å²) in [5, 5.41) is 8.70. The van der Waals surface area contributed by atoms with E-state index < -0.39 is 0 Å². The van der Waals surface area contributed by atoms with Crippen molar-refractivity contribution in [2.45, 2.75) is 6.92 Å². The molecule has 4 heteroatoms. The second kappa shape index (κ2) is 2.63. The SMILES string of the molecule is Cc1ncnc(Cl)c1C#N. The van der Waals surface area contributed by atoms with Gasteiger partial charge in [-0.1, -0.05) is 11.6 Å². The van der Waals surface area contributed by atoms with Crippen molar-refractivity contribution < 1.29 is 0 Å². The lowest BCUT2D eigenvalue weighted by Crippen LogP contribution is -1.90. The number of nitrogens with zero attached hydrogens (tertiary/aromatic N) is 3. The Morgan fingerprint density at radius 2 is 2.30 bits per heavy atom. The number of rotatable bonds is 0. The first-order chi connectivity index (χ1) is 4.75. The van der Waals surface area contributed by atoms with Gasteiger partial charge in [0.05, 0.1) is 5.69 Å². The number of aryl methyl sites for hydroxylation is 1. The molecule has 0 amide bonds. The molecule has 1 heterocycles. The molecule has 0 spiro atoms. The van der Waals surface area contributed by atoms with Crippen molar-refractivity contribution in [3.63, 3.8) is 0 Å². The molecule has 0 atom stereocenters. The molecule has 0 aromatic carbocycles. The monoisotopic (exact) mass is 153 g/mol. The molecule has 0 radical (unpaired) electrons. The standard InChI is InChI=1S/C6H4ClN3/c1-4-5(2-8)6(7)10-3-9-4/h3H,1H3. The molecule has 1 aromatic heterocycles. The molecular weight excluding hydrogens is 150 g/mol. The molecule has 50 valence electrons. The van der Waals surface area contributed by atoms with Crippen molar-refractivity contribution in [2.24, 2.45) is 0 Å². The van der Waals surface area contributed by atoms with Gasteiger partial charge in [0.25, 0.3) is 0 Å². The molecule has 0 fully saturated rings. The molecule has 3 nitrogen and oxygen atoms in total. The molecule has 0 unspecified atom stereocenters. The Bertz CT molecular complexity index is 269. The van der Waals surface area contributed by atoms with Crippen molar-refractivity contribution in [1.29, 1.82) is 5.26 Å². The van der Waals surface area contributed by atoms with Crippen molar-refractivity contribution in [1.82, 2.24) is 9.97 Å². The molecule has 0 bridgehead atoms. The molecule has 0 aliphatic heterocycles. The van der Waals surface area contributed by atoms with Crippen molar-refractivity contribution in [3.05, 3.63) is 22.7 Å². The minimum Gasteiger partial charge on any atom is -0.240 e. The normalized spacial score (nSPS) is 8.90. The van der Waals surface area contributed by atoms with Gasteiger partial charge in [0.1, 0.15) is 23.1 Å². The van der Waals surface area contributed by atoms with Crippen molar-refractivity contribution >= 4 is 11.6 Å². The van der Waals surface area contributed by atoms with Crippen molar-refractivity contribution in [3.8, 4) is 6.07 Å². The molecule has 1 rings (SSSR count). The van der Waals surface area contributed by atoms with Crippen LogP contribution in [0.15, 0.2) is 6.33 Å². The Hall–Kier alpha value is -1.14. The Kier molecular flexibility index (Phi) is 1.83. The summed E-state index contributed by atoms with van der Waals surface area (Å²) < 4.78 is 0. The first kappa shape index (κ1) is 6.97. The Morgan fingerprint density at radius 3 is 2.70 bits per heavy atom. The zero-order valence-corrected chi connectivity index (χ0v) is 6.05. The predicted octanol–water partition coefficient (Wildman–Crippen LogP) is 1.31. The number of aromatic nitrogens is 2. The highest BCUT2D eigenvalue weighted by molar-refractivity contribution is 6.30. The summed E-state index contributed by atoms with van der Waals surface area (Å²) in [4.78, 5) is 7.44. The maximum atomic E-state index is 8.48. The molecule has 1 aromatic rings. The number of halogens is 1. The minimum atomic E-state index is 0.218. The molecular formula is C6H4ClN3. The average molecular weight is 154 g/mol. The number of hydrogen-bond donors (Lipinski definition) is 0. The van der Waals surface area contributed by atoms with Crippen LogP contribution in [0.4, 0.5) is 0 Å². The molecule has 0 N–H and O–H groups in total. The van der Waals surface area contributed by atoms with Gasteiger partial charge in [-0.15, -0.1) is 0 Å². The van der Waals surface area contributed by atoms with Crippen LogP contribution in [0, 0.1) is 18.3 Å². The summed E-state index contributed by atoms with van der Waals surface area (Å²) >= 11 is 5.56. The second-order valence-corrected chi connectivity index (χ2v) is 2.09. The van der Waals surface area contributed by atoms with E-state index in [1.807, 2.05) is 6.07 Å². The van der Waals surface area contributed by atoms with Crippen LogP contribution in [0.5, 0.6) is 0 Å². The van der Waals surface area contributed by atoms with Gasteiger partial charge in [0, 0.05) is 0 Å². The maximum Gasteiger partial charge on any atom is 0.150 e. The summed E-state index contributed by atoms with van der Waals surface area (Å²) in [5.41, 5.74) is 0.965. The summed E-state index contributed by atoms with van der Waals surface area (Å²) in [6.45, 7) is 1.71. The topological polar surface area (TPSA) is 49.6 Å². The zero-order chi connectivity index (χ0) is 7.56. The van der Waals surface area contributed by atoms with E-state index in [1.165, 1.54) is 6.33 Å². The highest BCUT2D eigenvalue weighted by Crippen LogP contribution is 2.11. The van der Waals surface area contributed by atoms with E-state index in [0.29, 0.717) is 11.3 Å². The third kappa shape index (κ3) is 1.07. The quantitative estimate of drug-likeness (QED) is 0.528. The van der Waals surface area contributed by atoms with Crippen LogP contribution in [-0.2, 0) is 0 Å². The van der Waals surface area contributed by atoms with Gasteiger partial charge in [-0.05, 0) is 6.92 Å². The Morgan fingerprint density at radius 1 is 1.60 bits per heavy atom. The highest BCUT2D eigenvalue weighted by Gasteiger charge is 2.02. The zero-order valence-electron chi connectivity index (χ0n) is 5.30. The lowest BCUT2D eigenvalue weighted by atomic mass is 10.3. The highest BCUT2D eigenvalue weighted by atomic mass is 35.5. The van der Waals surface area contributed by atoms with Crippen LogP contribution in [0.2, 0.25) is 5.15 Å². The smallest absolute Gasteiger partial charge is 0.150 e. The van der Waals surface area contributed by atoms with Gasteiger partial charge in [-0.3, -0.25) is 0 Å². The first-order valence-corrected chi connectivity index (χ1v) is 3.00. The van der Waals surface area contributed by atoms with Crippen LogP contribution < -0.4 is 0 Å². The molecule has 0 aliphatic carbocycles. The third-order valence-electron chi connectivity index (χ3n) is 1.10. The molecule has 0 aliphatic rings. The molecule has 0 saturated heterocycles. The van der Waals surface area contributed by atoms with E-state index in [1.54, 1.807) is 6.92 Å². The van der Waals surface area contributed by atoms with Crippen LogP contribution >= 0.6 is 11.6 Å². The summed E-state index contributed by atoms with van der Waals surface area (Å²) in [7, 11) is 0. The summed E-state index contributed by atoms with van der Waals surface area (Å²) in [5.74, 6) is 0. The number of nitriles is 1. The van der Waals surface area contributed by atoms with E-state index >= 15 is 0 Å². The second-order valence-electron chi connectivity index (χ2n) is 1.74. The fourth-order valence-corrected chi connectivity index (χ4v) is 0.794. The Balaban J connectivity index is 3.34. The van der Waals surface area contributed by atoms with E-state index in [2.05, 4.69) is 9.97 Å². The first-order valence-electron chi connectivity index (χ1n) is 2.63. The van der Waals surface area contributed by atoms with Crippen LogP contribution in [0.3, 0.4) is 0 Å². The molecule has 0 saturated carbocycles. The Labute approximate surface area is 63.3 Å². The fourth-order valence-electron chi connectivity index (χ4n) is 0.572. The van der Waals surface area contributed by atoms with Gasteiger partial charge < -0.3 is 0 Å². The minimum absolute atomic E-state index is 0.218. The van der Waals surface area contributed by atoms with Gasteiger partial charge in [-0.25, -0.2) is 9.97 Å². The lowest BCUT2D eigenvalue weighted by Gasteiger charge is -1.94. The molecule has 10 heavy (non-hydrogen) atoms. The van der Waals surface area contributed by atoms with E-state index in [-0.39, 0.29) is 5.15 Å². The van der Waals surface area contributed by atoms with Crippen LogP contribution in [-0.4, -0.2) is 9.97 Å². The van der Waals surface area contributed by atoms with Gasteiger partial charge in [0.15, 0.2) is 0 Å². The van der Waals surface area contributed by atoms with Gasteiger partial charge in [-0.2, -0.15) is 5.26 Å². The van der Waals surface area contributed by atoms with E-state index in [9.17, 15) is 0 Å².